The highest BCUT2D eigenvalue weighted by atomic mass is 16.2. The van der Waals surface area contributed by atoms with E-state index in [0.717, 1.165) is 16.5 Å². The van der Waals surface area contributed by atoms with Gasteiger partial charge in [-0.1, -0.05) is 45.9 Å². The van der Waals surface area contributed by atoms with Gasteiger partial charge in [0.15, 0.2) is 5.96 Å². The van der Waals surface area contributed by atoms with Gasteiger partial charge in [-0.05, 0) is 62.1 Å². The molecule has 0 saturated carbocycles. The van der Waals surface area contributed by atoms with E-state index < -0.39 is 114 Å². The molecule has 0 unspecified atom stereocenters. The van der Waals surface area contributed by atoms with E-state index in [1.165, 1.54) is 0 Å². The largest absolute Gasteiger partial charge is 0.370 e. The van der Waals surface area contributed by atoms with Crippen molar-refractivity contribution in [3.63, 3.8) is 0 Å². The maximum absolute atomic E-state index is 13.8. The summed E-state index contributed by atoms with van der Waals surface area (Å²) in [6.07, 6.45) is 2.56. The number of rotatable bonds is 29. The number of amides is 8. The Kier molecular flexibility index (Phi) is 22.4. The predicted molar refractivity (Wildman–Crippen MR) is 238 cm³/mol. The summed E-state index contributed by atoms with van der Waals surface area (Å²) in [6, 6.07) is -1.78. The smallest absolute Gasteiger partial charge is 0.243 e. The number of benzene rings is 1. The molecule has 2 rings (SSSR count). The molecule has 0 saturated heterocycles. The minimum atomic E-state index is -1.73. The fraction of sp³-hybridized carbons (Fsp3) is 0.561. The molecule has 0 radical (unpaired) electrons. The number of aromatic nitrogens is 1. The Bertz CT molecular complexity index is 1970. The zero-order valence-electron chi connectivity index (χ0n) is 36.8. The van der Waals surface area contributed by atoms with Gasteiger partial charge in [0.1, 0.15) is 36.5 Å². The van der Waals surface area contributed by atoms with Crippen LogP contribution in [-0.4, -0.2) is 120 Å². The van der Waals surface area contributed by atoms with Crippen molar-refractivity contribution < 1.29 is 43.2 Å². The fourth-order valence-corrected chi connectivity index (χ4v) is 6.57. The quantitative estimate of drug-likeness (QED) is 0.0163. The first-order valence-corrected chi connectivity index (χ1v) is 21.1. The van der Waals surface area contributed by atoms with E-state index in [1.54, 1.807) is 33.9 Å². The molecule has 7 atom stereocenters. The van der Waals surface area contributed by atoms with Gasteiger partial charge in [-0.25, -0.2) is 0 Å². The summed E-state index contributed by atoms with van der Waals surface area (Å²) in [6.45, 7) is 6.98. The summed E-state index contributed by atoms with van der Waals surface area (Å²) in [5.41, 5.74) is 34.8. The molecule has 19 N–H and O–H groups in total. The number of H-pyrrole nitrogens is 1. The van der Waals surface area contributed by atoms with Crippen LogP contribution in [0, 0.1) is 11.8 Å². The summed E-state index contributed by atoms with van der Waals surface area (Å²) in [5, 5.41) is 15.9. The number of nitrogens with two attached hydrogens (primary N) is 6. The van der Waals surface area contributed by atoms with Gasteiger partial charge in [0.25, 0.3) is 0 Å². The SMILES string of the molecule is CC(C)[C@H](NC(=O)[C@H](CC(N)=O)NC(=O)[C@H](CC(N)=O)NC(=O)[C@@H](NC(=O)[C@H](CCCCN)NC(=O)[C@@H](N)CCCN=C(N)N)C(C)C)C(=O)N[C@H](C=O)Cc1c[nH]c2ccccc12. The molecular weight excluding hydrogens is 833 g/mol. The predicted octanol–water partition coefficient (Wildman–Crippen LogP) is -3.61. The van der Waals surface area contributed by atoms with Crippen molar-refractivity contribution in [1.29, 1.82) is 0 Å². The number of aliphatic imine (C=N–C) groups is 1. The molecule has 1 aromatic heterocycles. The van der Waals surface area contributed by atoms with E-state index in [2.05, 4.69) is 41.9 Å². The minimum Gasteiger partial charge on any atom is -0.370 e. The van der Waals surface area contributed by atoms with Crippen LogP contribution in [0.4, 0.5) is 0 Å². The number of carbonyl (C=O) groups is 9. The van der Waals surface area contributed by atoms with E-state index in [9.17, 15) is 43.2 Å². The highest BCUT2D eigenvalue weighted by Gasteiger charge is 2.35. The maximum atomic E-state index is 13.8. The number of aldehydes is 1. The summed E-state index contributed by atoms with van der Waals surface area (Å²) >= 11 is 0. The van der Waals surface area contributed by atoms with Crippen LogP contribution in [0.5, 0.6) is 0 Å². The number of hydrogen-bond donors (Lipinski definition) is 13. The molecule has 1 aromatic carbocycles. The molecule has 0 bridgehead atoms. The Hall–Kier alpha value is -6.62. The number of carbonyl (C=O) groups excluding carboxylic acids is 9. The second-order valence-corrected chi connectivity index (χ2v) is 16.1. The number of primary amides is 2. The van der Waals surface area contributed by atoms with Crippen molar-refractivity contribution >= 4 is 70.4 Å². The lowest BCUT2D eigenvalue weighted by Crippen LogP contribution is -2.61. The molecule has 23 heteroatoms. The number of guanidine groups is 1. The lowest BCUT2D eigenvalue weighted by molar-refractivity contribution is -0.137. The van der Waals surface area contributed by atoms with Crippen LogP contribution in [0.25, 0.3) is 10.9 Å². The van der Waals surface area contributed by atoms with Gasteiger partial charge >= 0.3 is 0 Å². The Balaban J connectivity index is 2.23. The molecule has 0 spiro atoms. The van der Waals surface area contributed by atoms with E-state index >= 15 is 0 Å². The van der Waals surface area contributed by atoms with E-state index in [0.29, 0.717) is 32.1 Å². The second kappa shape index (κ2) is 26.8. The molecule has 0 aliphatic heterocycles. The van der Waals surface area contributed by atoms with Gasteiger partial charge in [0.05, 0.1) is 24.9 Å². The van der Waals surface area contributed by atoms with Crippen molar-refractivity contribution in [1.82, 2.24) is 36.9 Å². The standard InChI is InChI=1S/C41H66N14O9/c1-21(2)33(39(63)50-24(20-56)16-23-19-49-27-12-6-5-10-25(23)27)55-38(62)30(18-32(45)58)52-37(61)29(17-31(44)57)53-40(64)34(22(3)4)54-36(60)28(13-7-8-14-42)51-35(59)26(43)11-9-15-48-41(46)47/h5-6,10,12,19-22,24,26,28-30,33-34,49H,7-9,11,13-18,42-43H2,1-4H3,(H2,44,57)(H2,45,58)(H,50,63)(H,51,59)(H,52,61)(H,53,64)(H,54,60)(H,55,62)(H4,46,47,48)/t24-,26-,28-,29-,30-,33-,34-/m0/s1. The number of hydrogen-bond acceptors (Lipinski definition) is 12. The van der Waals surface area contributed by atoms with Crippen molar-refractivity contribution in [2.45, 2.75) is 121 Å². The maximum Gasteiger partial charge on any atom is 0.243 e. The Morgan fingerprint density at radius 3 is 1.70 bits per heavy atom. The molecule has 0 fully saturated rings. The van der Waals surface area contributed by atoms with Crippen LogP contribution >= 0.6 is 0 Å². The fourth-order valence-electron chi connectivity index (χ4n) is 6.57. The van der Waals surface area contributed by atoms with Crippen molar-refractivity contribution in [3.8, 4) is 0 Å². The van der Waals surface area contributed by atoms with Crippen LogP contribution in [0.2, 0.25) is 0 Å². The number of fused-ring (bicyclic) bond motifs is 1. The molecule has 64 heavy (non-hydrogen) atoms. The van der Waals surface area contributed by atoms with Gasteiger partial charge < -0.3 is 76.1 Å². The molecular formula is C41H66N14O9. The summed E-state index contributed by atoms with van der Waals surface area (Å²) in [7, 11) is 0. The van der Waals surface area contributed by atoms with Crippen molar-refractivity contribution in [2.24, 2.45) is 51.2 Å². The lowest BCUT2D eigenvalue weighted by Gasteiger charge is -2.29. The second-order valence-electron chi connectivity index (χ2n) is 16.1. The number of para-hydroxylation sites is 1. The highest BCUT2D eigenvalue weighted by Crippen LogP contribution is 2.19. The molecule has 0 aliphatic carbocycles. The van der Waals surface area contributed by atoms with Gasteiger partial charge in [-0.3, -0.25) is 43.3 Å². The van der Waals surface area contributed by atoms with E-state index in [4.69, 9.17) is 34.4 Å². The molecule has 23 nitrogen and oxygen atoms in total. The number of aromatic amines is 1. The van der Waals surface area contributed by atoms with Crippen LogP contribution in [0.15, 0.2) is 35.5 Å². The number of unbranched alkanes of at least 4 members (excludes halogenated alkanes) is 1. The van der Waals surface area contributed by atoms with Gasteiger partial charge in [-0.15, -0.1) is 0 Å². The zero-order valence-corrected chi connectivity index (χ0v) is 36.8. The van der Waals surface area contributed by atoms with Gasteiger partial charge in [0.2, 0.25) is 47.3 Å². The van der Waals surface area contributed by atoms with E-state index in [-0.39, 0.29) is 31.8 Å². The minimum absolute atomic E-state index is 0.113. The molecule has 2 aromatic rings. The average molecular weight is 899 g/mol. The number of nitrogens with zero attached hydrogens (tertiary/aromatic N) is 1. The van der Waals surface area contributed by atoms with E-state index in [1.807, 2.05) is 24.3 Å². The molecule has 354 valence electrons. The van der Waals surface area contributed by atoms with Crippen LogP contribution in [-0.2, 0) is 49.6 Å². The Morgan fingerprint density at radius 1 is 0.656 bits per heavy atom. The Morgan fingerprint density at radius 2 is 1.17 bits per heavy atom. The monoisotopic (exact) mass is 899 g/mol. The number of nitrogens with one attached hydrogen (secondary N) is 7. The third kappa shape index (κ3) is 18.0. The van der Waals surface area contributed by atoms with Gasteiger partial charge in [-0.2, -0.15) is 0 Å². The third-order valence-electron chi connectivity index (χ3n) is 10.1. The summed E-state index contributed by atoms with van der Waals surface area (Å²) in [5.74, 6) is -8.55. The summed E-state index contributed by atoms with van der Waals surface area (Å²) < 4.78 is 0. The highest BCUT2D eigenvalue weighted by molar-refractivity contribution is 5.99. The zero-order chi connectivity index (χ0) is 48.1. The first-order valence-electron chi connectivity index (χ1n) is 21.1. The average Bonchev–Trinajstić information content (AvgIpc) is 3.63. The lowest BCUT2D eigenvalue weighted by atomic mass is 10.00. The normalized spacial score (nSPS) is 14.4. The van der Waals surface area contributed by atoms with Crippen LogP contribution in [0.1, 0.15) is 78.2 Å². The topological polar surface area (TPSA) is 410 Å². The van der Waals surface area contributed by atoms with Crippen LogP contribution < -0.4 is 66.3 Å². The van der Waals surface area contributed by atoms with Crippen LogP contribution in [0.3, 0.4) is 0 Å². The molecule has 0 aliphatic rings. The molecule has 1 heterocycles. The van der Waals surface area contributed by atoms with Crippen molar-refractivity contribution in [3.05, 3.63) is 36.0 Å². The van der Waals surface area contributed by atoms with Crippen molar-refractivity contribution in [2.75, 3.05) is 13.1 Å². The first kappa shape index (κ1) is 53.5. The molecule has 8 amide bonds. The Labute approximate surface area is 371 Å². The first-order chi connectivity index (χ1) is 30.2. The summed E-state index contributed by atoms with van der Waals surface area (Å²) in [4.78, 5) is 125. The third-order valence-corrected chi connectivity index (χ3v) is 10.1. The van der Waals surface area contributed by atoms with Gasteiger partial charge in [0, 0.05) is 30.1 Å².